The predicted molar refractivity (Wildman–Crippen MR) is 79.7 cm³/mol. The third-order valence-electron chi connectivity index (χ3n) is 3.48. The Morgan fingerprint density at radius 1 is 1.35 bits per heavy atom. The quantitative estimate of drug-likeness (QED) is 0.778. The van der Waals surface area contributed by atoms with Crippen molar-refractivity contribution in [3.05, 3.63) is 17.0 Å². The van der Waals surface area contributed by atoms with Crippen LogP contribution in [-0.2, 0) is 16.1 Å². The first kappa shape index (κ1) is 16.7. The molecule has 0 spiro atoms. The van der Waals surface area contributed by atoms with Crippen LogP contribution in [-0.4, -0.2) is 34.4 Å². The molecule has 5 heteroatoms. The summed E-state index contributed by atoms with van der Waals surface area (Å²) in [5, 5.41) is 7.76. The summed E-state index contributed by atoms with van der Waals surface area (Å²) in [7, 11) is 0. The van der Waals surface area contributed by atoms with Gasteiger partial charge in [-0.3, -0.25) is 9.48 Å². The second-order valence-corrected chi connectivity index (χ2v) is 5.43. The number of hydrogen-bond donors (Lipinski definition) is 1. The lowest BCUT2D eigenvalue weighted by atomic mass is 10.1. The number of ether oxygens (including phenoxy) is 1. The molecule has 1 rings (SSSR count). The van der Waals surface area contributed by atoms with Gasteiger partial charge in [0, 0.05) is 18.3 Å². The zero-order valence-corrected chi connectivity index (χ0v) is 13.5. The first-order chi connectivity index (χ1) is 9.36. The number of hydrogen-bond acceptors (Lipinski definition) is 4. The number of aryl methyl sites for hydroxylation is 2. The van der Waals surface area contributed by atoms with Crippen LogP contribution in [0.5, 0.6) is 0 Å². The van der Waals surface area contributed by atoms with Crippen LogP contribution in [0.15, 0.2) is 0 Å². The summed E-state index contributed by atoms with van der Waals surface area (Å²) < 4.78 is 7.09. The number of carbonyl (C=O) groups excluding carboxylic acids is 1. The summed E-state index contributed by atoms with van der Waals surface area (Å²) in [5.74, 6) is -0.181. The van der Waals surface area contributed by atoms with Gasteiger partial charge in [0.25, 0.3) is 0 Å². The van der Waals surface area contributed by atoms with Crippen molar-refractivity contribution in [3.8, 4) is 0 Å². The van der Waals surface area contributed by atoms with E-state index in [-0.39, 0.29) is 18.1 Å². The number of nitrogens with zero attached hydrogens (tertiary/aromatic N) is 2. The van der Waals surface area contributed by atoms with E-state index in [2.05, 4.69) is 24.3 Å². The van der Waals surface area contributed by atoms with E-state index in [1.807, 2.05) is 32.4 Å². The lowest BCUT2D eigenvalue weighted by molar-refractivity contribution is -0.146. The molecule has 1 unspecified atom stereocenters. The average molecular weight is 281 g/mol. The molecule has 0 amide bonds. The molecule has 0 saturated carbocycles. The lowest BCUT2D eigenvalue weighted by Crippen LogP contribution is -2.42. The SMILES string of the molecule is CCOC(=O)C(CCn1nc(C)c(C)c1C)NC(C)C. The minimum atomic E-state index is -0.279. The van der Waals surface area contributed by atoms with Crippen LogP contribution in [0.2, 0.25) is 0 Å². The highest BCUT2D eigenvalue weighted by Gasteiger charge is 2.21. The molecule has 0 saturated heterocycles. The Kier molecular flexibility index (Phi) is 6.20. The number of carbonyl (C=O) groups is 1. The van der Waals surface area contributed by atoms with Gasteiger partial charge in [0.1, 0.15) is 6.04 Å². The van der Waals surface area contributed by atoms with Gasteiger partial charge in [0.15, 0.2) is 0 Å². The van der Waals surface area contributed by atoms with Gasteiger partial charge in [-0.25, -0.2) is 0 Å². The molecular weight excluding hydrogens is 254 g/mol. The fourth-order valence-electron chi connectivity index (χ4n) is 2.17. The molecule has 5 nitrogen and oxygen atoms in total. The Hall–Kier alpha value is -1.36. The van der Waals surface area contributed by atoms with Gasteiger partial charge in [0.2, 0.25) is 0 Å². The van der Waals surface area contributed by atoms with Crippen molar-refractivity contribution in [1.29, 1.82) is 0 Å². The largest absolute Gasteiger partial charge is 0.465 e. The topological polar surface area (TPSA) is 56.2 Å². The van der Waals surface area contributed by atoms with Gasteiger partial charge in [-0.2, -0.15) is 5.10 Å². The highest BCUT2D eigenvalue weighted by molar-refractivity contribution is 5.75. The van der Waals surface area contributed by atoms with Gasteiger partial charge in [-0.05, 0) is 39.7 Å². The summed E-state index contributed by atoms with van der Waals surface area (Å²) >= 11 is 0. The normalized spacial score (nSPS) is 12.8. The highest BCUT2D eigenvalue weighted by Crippen LogP contribution is 2.12. The van der Waals surface area contributed by atoms with Gasteiger partial charge < -0.3 is 10.1 Å². The van der Waals surface area contributed by atoms with Gasteiger partial charge >= 0.3 is 5.97 Å². The molecule has 114 valence electrons. The molecule has 1 heterocycles. The molecule has 1 atom stereocenters. The lowest BCUT2D eigenvalue weighted by Gasteiger charge is -2.20. The molecule has 0 aliphatic heterocycles. The van der Waals surface area contributed by atoms with Crippen molar-refractivity contribution < 1.29 is 9.53 Å². The highest BCUT2D eigenvalue weighted by atomic mass is 16.5. The molecule has 1 aromatic rings. The third-order valence-corrected chi connectivity index (χ3v) is 3.48. The zero-order valence-electron chi connectivity index (χ0n) is 13.5. The Balaban J connectivity index is 2.70. The maximum atomic E-state index is 11.9. The van der Waals surface area contributed by atoms with Crippen molar-refractivity contribution in [2.75, 3.05) is 6.61 Å². The second-order valence-electron chi connectivity index (χ2n) is 5.43. The van der Waals surface area contributed by atoms with Crippen molar-refractivity contribution in [3.63, 3.8) is 0 Å². The van der Waals surface area contributed by atoms with E-state index in [0.29, 0.717) is 19.6 Å². The van der Waals surface area contributed by atoms with Gasteiger partial charge in [0.05, 0.1) is 12.3 Å². The molecule has 0 aliphatic carbocycles. The Bertz CT molecular complexity index is 452. The summed E-state index contributed by atoms with van der Waals surface area (Å²) in [4.78, 5) is 11.9. The van der Waals surface area contributed by atoms with Crippen molar-refractivity contribution >= 4 is 5.97 Å². The molecule has 20 heavy (non-hydrogen) atoms. The van der Waals surface area contributed by atoms with Crippen LogP contribution in [0.4, 0.5) is 0 Å². The van der Waals surface area contributed by atoms with Crippen LogP contribution in [0.25, 0.3) is 0 Å². The standard InChI is InChI=1S/C15H27N3O2/c1-7-20-15(19)14(16-10(2)3)8-9-18-13(6)11(4)12(5)17-18/h10,14,16H,7-9H2,1-6H3. The number of rotatable bonds is 7. The summed E-state index contributed by atoms with van der Waals surface area (Å²) in [5.41, 5.74) is 3.43. The number of aromatic nitrogens is 2. The molecule has 0 aromatic carbocycles. The van der Waals surface area contributed by atoms with Crippen molar-refractivity contribution in [2.24, 2.45) is 0 Å². The van der Waals surface area contributed by atoms with Crippen LogP contribution < -0.4 is 5.32 Å². The van der Waals surface area contributed by atoms with E-state index in [9.17, 15) is 4.79 Å². The van der Waals surface area contributed by atoms with Gasteiger partial charge in [-0.15, -0.1) is 0 Å². The number of nitrogens with one attached hydrogen (secondary N) is 1. The Morgan fingerprint density at radius 2 is 2.00 bits per heavy atom. The molecule has 0 aliphatic rings. The van der Waals surface area contributed by atoms with Crippen LogP contribution in [0, 0.1) is 20.8 Å². The van der Waals surface area contributed by atoms with Crippen molar-refractivity contribution in [2.45, 2.75) is 66.6 Å². The van der Waals surface area contributed by atoms with E-state index in [1.165, 1.54) is 5.56 Å². The molecule has 0 bridgehead atoms. The maximum Gasteiger partial charge on any atom is 0.323 e. The fraction of sp³-hybridized carbons (Fsp3) is 0.733. The van der Waals surface area contributed by atoms with E-state index < -0.39 is 0 Å². The molecule has 1 aromatic heterocycles. The monoisotopic (exact) mass is 281 g/mol. The third kappa shape index (κ3) is 4.34. The first-order valence-corrected chi connectivity index (χ1v) is 7.30. The first-order valence-electron chi connectivity index (χ1n) is 7.30. The van der Waals surface area contributed by atoms with E-state index in [1.54, 1.807) is 0 Å². The molecular formula is C15H27N3O2. The maximum absolute atomic E-state index is 11.9. The van der Waals surface area contributed by atoms with E-state index in [0.717, 1.165) is 11.4 Å². The van der Waals surface area contributed by atoms with Crippen LogP contribution in [0.1, 0.15) is 44.1 Å². The number of esters is 1. The zero-order chi connectivity index (χ0) is 15.3. The minimum Gasteiger partial charge on any atom is -0.465 e. The van der Waals surface area contributed by atoms with Crippen LogP contribution in [0.3, 0.4) is 0 Å². The average Bonchev–Trinajstić information content (AvgIpc) is 2.62. The molecule has 0 radical (unpaired) electrons. The Morgan fingerprint density at radius 3 is 2.45 bits per heavy atom. The summed E-state index contributed by atoms with van der Waals surface area (Å²) in [6.45, 7) is 13.1. The minimum absolute atomic E-state index is 0.181. The summed E-state index contributed by atoms with van der Waals surface area (Å²) in [6.07, 6.45) is 0.679. The van der Waals surface area contributed by atoms with Gasteiger partial charge in [-0.1, -0.05) is 13.8 Å². The predicted octanol–water partition coefficient (Wildman–Crippen LogP) is 2.13. The van der Waals surface area contributed by atoms with E-state index >= 15 is 0 Å². The van der Waals surface area contributed by atoms with Crippen molar-refractivity contribution in [1.82, 2.24) is 15.1 Å². The fourth-order valence-corrected chi connectivity index (χ4v) is 2.17. The van der Waals surface area contributed by atoms with Crippen LogP contribution >= 0.6 is 0 Å². The second kappa shape index (κ2) is 7.43. The molecule has 0 fully saturated rings. The van der Waals surface area contributed by atoms with E-state index in [4.69, 9.17) is 4.74 Å². The smallest absolute Gasteiger partial charge is 0.323 e. The summed E-state index contributed by atoms with van der Waals surface area (Å²) in [6, 6.07) is -0.0363. The Labute approximate surface area is 121 Å². The molecule has 1 N–H and O–H groups in total.